The van der Waals surface area contributed by atoms with E-state index < -0.39 is 0 Å². The van der Waals surface area contributed by atoms with Gasteiger partial charge in [-0.1, -0.05) is 133 Å². The zero-order valence-electron chi connectivity index (χ0n) is 19.2. The van der Waals surface area contributed by atoms with Crippen molar-refractivity contribution in [3.05, 3.63) is 59.7 Å². The van der Waals surface area contributed by atoms with Gasteiger partial charge in [-0.25, -0.2) is 0 Å². The molecule has 0 aliphatic carbocycles. The second-order valence-electron chi connectivity index (χ2n) is 8.70. The smallest absolute Gasteiger partial charge is 0.0149 e. The van der Waals surface area contributed by atoms with Gasteiger partial charge in [0.2, 0.25) is 0 Å². The van der Waals surface area contributed by atoms with E-state index >= 15 is 0 Å². The lowest BCUT2D eigenvalue weighted by Gasteiger charge is -2.14. The average Bonchev–Trinajstić information content (AvgIpc) is 2.76. The van der Waals surface area contributed by atoms with Crippen molar-refractivity contribution in [2.45, 2.75) is 110 Å². The van der Waals surface area contributed by atoms with E-state index in [1.807, 2.05) is 0 Å². The Bertz CT molecular complexity index is 655. The highest BCUT2D eigenvalue weighted by Crippen LogP contribution is 2.29. The molecule has 0 amide bonds. The number of unbranched alkanes of at least 4 members (excludes halogenated alkanes) is 11. The molecule has 0 atom stereocenters. The lowest BCUT2D eigenvalue weighted by molar-refractivity contribution is 0.589. The van der Waals surface area contributed by atoms with Gasteiger partial charge in [-0.3, -0.25) is 0 Å². The van der Waals surface area contributed by atoms with Gasteiger partial charge in [-0.2, -0.15) is 0 Å². The molecule has 29 heavy (non-hydrogen) atoms. The first-order valence-corrected chi connectivity index (χ1v) is 12.5. The second-order valence-corrected chi connectivity index (χ2v) is 8.70. The van der Waals surface area contributed by atoms with Crippen LogP contribution in [0.1, 0.15) is 108 Å². The van der Waals surface area contributed by atoms with E-state index in [4.69, 9.17) is 0 Å². The van der Waals surface area contributed by atoms with E-state index in [9.17, 15) is 0 Å². The molecule has 0 radical (unpaired) electrons. The van der Waals surface area contributed by atoms with Crippen molar-refractivity contribution in [1.29, 1.82) is 0 Å². The van der Waals surface area contributed by atoms with Crippen LogP contribution in [0.15, 0.2) is 48.5 Å². The first-order valence-electron chi connectivity index (χ1n) is 12.5. The summed E-state index contributed by atoms with van der Waals surface area (Å²) in [5, 5.41) is 0. The van der Waals surface area contributed by atoms with Crippen LogP contribution in [0.25, 0.3) is 11.1 Å². The summed E-state index contributed by atoms with van der Waals surface area (Å²) in [5.41, 5.74) is 6.02. The predicted octanol–water partition coefficient (Wildman–Crippen LogP) is 9.55. The van der Waals surface area contributed by atoms with Gasteiger partial charge in [0.05, 0.1) is 0 Å². The molecule has 2 aromatic rings. The Balaban J connectivity index is 1.91. The molecule has 0 saturated heterocycles. The number of aryl methyl sites for hydroxylation is 2. The summed E-state index contributed by atoms with van der Waals surface area (Å²) < 4.78 is 0. The Kier molecular flexibility index (Phi) is 12.5. The van der Waals surface area contributed by atoms with Crippen LogP contribution in [0.4, 0.5) is 0 Å². The maximum atomic E-state index is 2.36. The van der Waals surface area contributed by atoms with Crippen LogP contribution in [0.3, 0.4) is 0 Å². The highest BCUT2D eigenvalue weighted by molar-refractivity contribution is 5.70. The lowest BCUT2D eigenvalue weighted by atomic mass is 9.91. The van der Waals surface area contributed by atoms with E-state index in [-0.39, 0.29) is 0 Å². The quantitative estimate of drug-likeness (QED) is 0.249. The summed E-state index contributed by atoms with van der Waals surface area (Å²) in [6, 6.07) is 18.3. The second kappa shape index (κ2) is 15.3. The van der Waals surface area contributed by atoms with E-state index in [0.29, 0.717) is 0 Å². The summed E-state index contributed by atoms with van der Waals surface area (Å²) >= 11 is 0. The largest absolute Gasteiger partial charge is 0.0654 e. The minimum absolute atomic E-state index is 1.22. The third-order valence-corrected chi connectivity index (χ3v) is 6.17. The summed E-state index contributed by atoms with van der Waals surface area (Å²) in [6.07, 6.45) is 20.3. The molecule has 0 nitrogen and oxygen atoms in total. The Hall–Kier alpha value is -1.56. The van der Waals surface area contributed by atoms with Gasteiger partial charge in [0.25, 0.3) is 0 Å². The summed E-state index contributed by atoms with van der Waals surface area (Å²) in [6.45, 7) is 4.58. The van der Waals surface area contributed by atoms with Crippen LogP contribution in [-0.4, -0.2) is 0 Å². The maximum absolute atomic E-state index is 2.36. The molecule has 0 saturated carbocycles. The summed E-state index contributed by atoms with van der Waals surface area (Å²) in [4.78, 5) is 0. The summed E-state index contributed by atoms with van der Waals surface area (Å²) in [5.74, 6) is 0. The number of hydrogen-bond acceptors (Lipinski definition) is 0. The maximum Gasteiger partial charge on any atom is -0.0149 e. The fourth-order valence-electron chi connectivity index (χ4n) is 4.37. The molecule has 0 unspecified atom stereocenters. The molecule has 0 aliphatic heterocycles. The van der Waals surface area contributed by atoms with Gasteiger partial charge >= 0.3 is 0 Å². The molecule has 0 spiro atoms. The van der Waals surface area contributed by atoms with Crippen molar-refractivity contribution >= 4 is 0 Å². The molecule has 2 aromatic carbocycles. The van der Waals surface area contributed by atoms with Gasteiger partial charge in [0.15, 0.2) is 0 Å². The Labute approximate surface area is 181 Å². The Morgan fingerprint density at radius 3 is 1.17 bits per heavy atom. The van der Waals surface area contributed by atoms with E-state index in [0.717, 1.165) is 0 Å². The zero-order chi connectivity index (χ0) is 20.6. The van der Waals surface area contributed by atoms with E-state index in [1.165, 1.54) is 119 Å². The van der Waals surface area contributed by atoms with Gasteiger partial charge in [-0.15, -0.1) is 0 Å². The number of benzene rings is 2. The normalized spacial score (nSPS) is 11.1. The molecule has 0 aromatic heterocycles. The van der Waals surface area contributed by atoms with Crippen LogP contribution in [0.2, 0.25) is 0 Å². The van der Waals surface area contributed by atoms with Crippen molar-refractivity contribution in [3.8, 4) is 11.1 Å². The van der Waals surface area contributed by atoms with Crippen molar-refractivity contribution < 1.29 is 0 Å². The van der Waals surface area contributed by atoms with Crippen molar-refractivity contribution in [1.82, 2.24) is 0 Å². The zero-order valence-corrected chi connectivity index (χ0v) is 19.2. The lowest BCUT2D eigenvalue weighted by Crippen LogP contribution is -1.95. The molecule has 0 fully saturated rings. The van der Waals surface area contributed by atoms with Crippen molar-refractivity contribution in [2.75, 3.05) is 0 Å². The molecular formula is C29H44. The molecular weight excluding hydrogens is 348 g/mol. The number of rotatable bonds is 16. The fourth-order valence-corrected chi connectivity index (χ4v) is 4.37. The average molecular weight is 393 g/mol. The molecule has 0 bridgehead atoms. The Morgan fingerprint density at radius 2 is 0.759 bits per heavy atom. The molecule has 0 N–H and O–H groups in total. The molecule has 160 valence electrons. The molecule has 2 rings (SSSR count). The van der Waals surface area contributed by atoms with E-state index in [1.54, 1.807) is 0 Å². The summed E-state index contributed by atoms with van der Waals surface area (Å²) in [7, 11) is 0. The highest BCUT2D eigenvalue weighted by Gasteiger charge is 2.09. The first-order chi connectivity index (χ1) is 14.4. The molecule has 0 heteroatoms. The third kappa shape index (κ3) is 9.20. The van der Waals surface area contributed by atoms with Crippen LogP contribution in [0.5, 0.6) is 0 Å². The SMILES string of the molecule is CCCCCCCCCc1ccccc1-c1ccccc1CCCCCCCC. The number of hydrogen-bond donors (Lipinski definition) is 0. The molecule has 0 heterocycles. The van der Waals surface area contributed by atoms with Gasteiger partial charge in [-0.05, 0) is 47.9 Å². The Morgan fingerprint density at radius 1 is 0.414 bits per heavy atom. The monoisotopic (exact) mass is 392 g/mol. The van der Waals surface area contributed by atoms with E-state index in [2.05, 4.69) is 62.4 Å². The van der Waals surface area contributed by atoms with Gasteiger partial charge in [0.1, 0.15) is 0 Å². The minimum atomic E-state index is 1.22. The van der Waals surface area contributed by atoms with Crippen molar-refractivity contribution in [3.63, 3.8) is 0 Å². The standard InChI is InChI=1S/C29H44/c1-3-5-7-9-11-13-15-21-27-23-17-19-25-29(27)28-24-18-16-22-26(28)20-14-12-10-8-6-4-2/h16-19,22-25H,3-15,20-21H2,1-2H3. The minimum Gasteiger partial charge on any atom is -0.0654 e. The third-order valence-electron chi connectivity index (χ3n) is 6.17. The predicted molar refractivity (Wildman–Crippen MR) is 131 cm³/mol. The molecule has 0 aliphatic rings. The van der Waals surface area contributed by atoms with Gasteiger partial charge in [0, 0.05) is 0 Å². The van der Waals surface area contributed by atoms with Crippen LogP contribution in [-0.2, 0) is 12.8 Å². The fraction of sp³-hybridized carbons (Fsp3) is 0.586. The highest BCUT2D eigenvalue weighted by atomic mass is 14.1. The van der Waals surface area contributed by atoms with Crippen LogP contribution < -0.4 is 0 Å². The van der Waals surface area contributed by atoms with Crippen LogP contribution >= 0.6 is 0 Å². The van der Waals surface area contributed by atoms with Crippen LogP contribution in [0, 0.1) is 0 Å². The first kappa shape index (κ1) is 23.7. The van der Waals surface area contributed by atoms with Crippen molar-refractivity contribution in [2.24, 2.45) is 0 Å². The topological polar surface area (TPSA) is 0 Å². The van der Waals surface area contributed by atoms with Gasteiger partial charge < -0.3 is 0 Å².